The van der Waals surface area contributed by atoms with Gasteiger partial charge in [0, 0.05) is 12.8 Å². The first-order chi connectivity index (χ1) is 16.2. The van der Waals surface area contributed by atoms with E-state index in [1.54, 1.807) is 36.4 Å². The lowest BCUT2D eigenvalue weighted by atomic mass is 10.1. The zero-order valence-electron chi connectivity index (χ0n) is 18.4. The predicted octanol–water partition coefficient (Wildman–Crippen LogP) is 4.23. The lowest BCUT2D eigenvalue weighted by Crippen LogP contribution is -2.30. The second-order valence-electron chi connectivity index (χ2n) is 8.33. The fraction of sp³-hybridized carbons (Fsp3) is 0.440. The highest BCUT2D eigenvalue weighted by Crippen LogP contribution is 2.34. The summed E-state index contributed by atoms with van der Waals surface area (Å²) < 4.78 is 23.6. The molecule has 0 spiro atoms. The SMILES string of the molecule is O=C1c2ccccc2C(=O)N1OCc1ccc(OC2CCCCO2)c(OC2CCCCO2)c1. The lowest BCUT2D eigenvalue weighted by Gasteiger charge is -2.27. The van der Waals surface area contributed by atoms with Crippen LogP contribution in [0.5, 0.6) is 11.5 Å². The molecule has 0 radical (unpaired) electrons. The van der Waals surface area contributed by atoms with Crippen molar-refractivity contribution in [2.75, 3.05) is 13.2 Å². The molecule has 3 heterocycles. The number of hydrogen-bond donors (Lipinski definition) is 0. The zero-order valence-corrected chi connectivity index (χ0v) is 18.4. The lowest BCUT2D eigenvalue weighted by molar-refractivity contribution is -0.119. The smallest absolute Gasteiger partial charge is 0.285 e. The Morgan fingerprint density at radius 2 is 1.39 bits per heavy atom. The van der Waals surface area contributed by atoms with Crippen molar-refractivity contribution in [3.05, 3.63) is 59.2 Å². The van der Waals surface area contributed by atoms with Crippen molar-refractivity contribution in [1.29, 1.82) is 0 Å². The topological polar surface area (TPSA) is 83.5 Å². The molecule has 2 aromatic rings. The molecular weight excluding hydrogens is 426 g/mol. The molecule has 174 valence electrons. The molecule has 2 fully saturated rings. The van der Waals surface area contributed by atoms with Gasteiger partial charge in [-0.3, -0.25) is 14.4 Å². The third kappa shape index (κ3) is 4.88. The molecule has 2 saturated heterocycles. The van der Waals surface area contributed by atoms with Gasteiger partial charge in [0.1, 0.15) is 6.61 Å². The summed E-state index contributed by atoms with van der Waals surface area (Å²) in [5.41, 5.74) is 1.42. The fourth-order valence-corrected chi connectivity index (χ4v) is 4.15. The number of hydrogen-bond acceptors (Lipinski definition) is 7. The number of amides is 2. The van der Waals surface area contributed by atoms with E-state index in [2.05, 4.69) is 0 Å². The summed E-state index contributed by atoms with van der Waals surface area (Å²) in [5.74, 6) is 0.175. The number of rotatable bonds is 7. The minimum absolute atomic E-state index is 0.0214. The Balaban J connectivity index is 1.30. The highest BCUT2D eigenvalue weighted by atomic mass is 16.7. The van der Waals surface area contributed by atoms with Gasteiger partial charge in [0.05, 0.1) is 24.3 Å². The highest BCUT2D eigenvalue weighted by Gasteiger charge is 2.36. The second-order valence-corrected chi connectivity index (χ2v) is 8.33. The molecule has 2 unspecified atom stereocenters. The first kappa shape index (κ1) is 21.9. The van der Waals surface area contributed by atoms with Gasteiger partial charge in [-0.2, -0.15) is 0 Å². The Morgan fingerprint density at radius 3 is 1.97 bits per heavy atom. The third-order valence-electron chi connectivity index (χ3n) is 5.92. The molecule has 0 bridgehead atoms. The molecule has 5 rings (SSSR count). The molecule has 0 aromatic heterocycles. The predicted molar refractivity (Wildman–Crippen MR) is 117 cm³/mol. The summed E-state index contributed by atoms with van der Waals surface area (Å²) >= 11 is 0. The summed E-state index contributed by atoms with van der Waals surface area (Å²) in [6.45, 7) is 1.36. The van der Waals surface area contributed by atoms with E-state index in [-0.39, 0.29) is 19.2 Å². The largest absolute Gasteiger partial charge is 0.461 e. The normalized spacial score (nSPS) is 22.8. The van der Waals surface area contributed by atoms with Crippen LogP contribution in [0.2, 0.25) is 0 Å². The molecule has 3 aliphatic heterocycles. The van der Waals surface area contributed by atoms with E-state index in [1.807, 2.05) is 6.07 Å². The molecule has 8 nitrogen and oxygen atoms in total. The van der Waals surface area contributed by atoms with Crippen molar-refractivity contribution in [3.8, 4) is 11.5 Å². The van der Waals surface area contributed by atoms with Gasteiger partial charge in [-0.15, -0.1) is 5.06 Å². The number of imide groups is 1. The van der Waals surface area contributed by atoms with Crippen LogP contribution in [0.15, 0.2) is 42.5 Å². The third-order valence-corrected chi connectivity index (χ3v) is 5.92. The Hall–Kier alpha value is -2.94. The molecule has 0 N–H and O–H groups in total. The van der Waals surface area contributed by atoms with Gasteiger partial charge in [-0.05, 0) is 55.5 Å². The standard InChI is InChI=1S/C25H27NO7/c27-24-18-7-1-2-8-19(18)25(28)26(24)31-16-17-11-12-20(32-22-9-3-5-13-29-22)21(15-17)33-23-10-4-6-14-30-23/h1-2,7-8,11-12,15,22-23H,3-6,9-10,13-14,16H2. The van der Waals surface area contributed by atoms with Crippen LogP contribution in [0, 0.1) is 0 Å². The molecule has 8 heteroatoms. The number of benzene rings is 2. The maximum Gasteiger partial charge on any atom is 0.285 e. The van der Waals surface area contributed by atoms with E-state index in [1.165, 1.54) is 0 Å². The number of carbonyl (C=O) groups excluding carboxylic acids is 2. The van der Waals surface area contributed by atoms with Gasteiger partial charge in [0.25, 0.3) is 11.8 Å². The van der Waals surface area contributed by atoms with Crippen molar-refractivity contribution in [3.63, 3.8) is 0 Å². The molecule has 3 aliphatic rings. The van der Waals surface area contributed by atoms with Crippen LogP contribution in [0.25, 0.3) is 0 Å². The van der Waals surface area contributed by atoms with E-state index in [9.17, 15) is 9.59 Å². The fourth-order valence-electron chi connectivity index (χ4n) is 4.15. The van der Waals surface area contributed by atoms with Gasteiger partial charge >= 0.3 is 0 Å². The Morgan fingerprint density at radius 1 is 0.788 bits per heavy atom. The number of carbonyl (C=O) groups is 2. The van der Waals surface area contributed by atoms with Crippen LogP contribution in [-0.4, -0.2) is 42.7 Å². The summed E-state index contributed by atoms with van der Waals surface area (Å²) in [4.78, 5) is 30.7. The zero-order chi connectivity index (χ0) is 22.6. The van der Waals surface area contributed by atoms with E-state index < -0.39 is 11.8 Å². The maximum absolute atomic E-state index is 12.5. The number of nitrogens with zero attached hydrogens (tertiary/aromatic N) is 1. The van der Waals surface area contributed by atoms with E-state index in [0.717, 1.165) is 49.2 Å². The number of fused-ring (bicyclic) bond motifs is 1. The molecule has 2 aromatic carbocycles. The summed E-state index contributed by atoms with van der Waals surface area (Å²) in [7, 11) is 0. The van der Waals surface area contributed by atoms with E-state index >= 15 is 0 Å². The first-order valence-corrected chi connectivity index (χ1v) is 11.5. The molecule has 2 amide bonds. The minimum atomic E-state index is -0.461. The van der Waals surface area contributed by atoms with Crippen LogP contribution in [0.1, 0.15) is 64.8 Å². The summed E-state index contributed by atoms with van der Waals surface area (Å²) in [6, 6.07) is 12.1. The quantitative estimate of drug-likeness (QED) is 0.580. The average Bonchev–Trinajstić information content (AvgIpc) is 3.10. The Kier molecular flexibility index (Phi) is 6.57. The van der Waals surface area contributed by atoms with Gasteiger partial charge in [0.15, 0.2) is 24.1 Å². The molecular formula is C25H27NO7. The van der Waals surface area contributed by atoms with Gasteiger partial charge in [-0.25, -0.2) is 0 Å². The Bertz CT molecular complexity index is 977. The first-order valence-electron chi connectivity index (χ1n) is 11.5. The minimum Gasteiger partial charge on any atom is -0.461 e. The van der Waals surface area contributed by atoms with Crippen LogP contribution >= 0.6 is 0 Å². The summed E-state index contributed by atoms with van der Waals surface area (Å²) in [6.07, 6.45) is 5.11. The highest BCUT2D eigenvalue weighted by molar-refractivity contribution is 6.20. The Labute approximate surface area is 192 Å². The van der Waals surface area contributed by atoms with Crippen molar-refractivity contribution in [1.82, 2.24) is 5.06 Å². The molecule has 2 atom stereocenters. The number of ether oxygens (including phenoxy) is 4. The van der Waals surface area contributed by atoms with Gasteiger partial charge in [0.2, 0.25) is 0 Å². The van der Waals surface area contributed by atoms with E-state index in [4.69, 9.17) is 23.8 Å². The van der Waals surface area contributed by atoms with E-state index in [0.29, 0.717) is 35.8 Å². The van der Waals surface area contributed by atoms with Gasteiger partial charge in [-0.1, -0.05) is 18.2 Å². The van der Waals surface area contributed by atoms with Crippen molar-refractivity contribution in [2.24, 2.45) is 0 Å². The van der Waals surface area contributed by atoms with Crippen LogP contribution in [0.3, 0.4) is 0 Å². The van der Waals surface area contributed by atoms with Crippen LogP contribution < -0.4 is 9.47 Å². The molecule has 0 saturated carbocycles. The van der Waals surface area contributed by atoms with Crippen molar-refractivity contribution < 1.29 is 33.4 Å². The number of hydroxylamine groups is 2. The second kappa shape index (κ2) is 9.91. The van der Waals surface area contributed by atoms with Gasteiger partial charge < -0.3 is 18.9 Å². The monoisotopic (exact) mass is 453 g/mol. The van der Waals surface area contributed by atoms with Crippen LogP contribution in [-0.2, 0) is 20.9 Å². The summed E-state index contributed by atoms with van der Waals surface area (Å²) in [5, 5.41) is 0.815. The maximum atomic E-state index is 12.5. The molecule has 0 aliphatic carbocycles. The van der Waals surface area contributed by atoms with Crippen molar-refractivity contribution >= 4 is 11.8 Å². The average molecular weight is 453 g/mol. The van der Waals surface area contributed by atoms with Crippen molar-refractivity contribution in [2.45, 2.75) is 57.7 Å². The molecule has 33 heavy (non-hydrogen) atoms. The van der Waals surface area contributed by atoms with Crippen LogP contribution in [0.4, 0.5) is 0 Å².